The summed E-state index contributed by atoms with van der Waals surface area (Å²) in [7, 11) is 0. The first-order valence-corrected chi connectivity index (χ1v) is 8.51. The second-order valence-electron chi connectivity index (χ2n) is 5.80. The lowest BCUT2D eigenvalue weighted by molar-refractivity contribution is -0.120. The van der Waals surface area contributed by atoms with Crippen LogP contribution < -0.4 is 5.32 Å². The Morgan fingerprint density at radius 1 is 1.15 bits per heavy atom. The van der Waals surface area contributed by atoms with Crippen LogP contribution >= 0.6 is 11.6 Å². The van der Waals surface area contributed by atoms with Gasteiger partial charge in [-0.1, -0.05) is 48.0 Å². The summed E-state index contributed by atoms with van der Waals surface area (Å²) in [5, 5.41) is 12.6. The zero-order chi connectivity index (χ0) is 18.5. The number of H-pyrrole nitrogens is 1. The minimum absolute atomic E-state index is 0.0426. The Labute approximate surface area is 155 Å². The number of fused-ring (bicyclic) bond motifs is 1. The molecule has 1 heterocycles. The quantitative estimate of drug-likeness (QED) is 0.516. The van der Waals surface area contributed by atoms with E-state index in [9.17, 15) is 9.59 Å². The van der Waals surface area contributed by atoms with Crippen LogP contribution in [0.25, 0.3) is 10.9 Å². The highest BCUT2D eigenvalue weighted by Gasteiger charge is 2.21. The summed E-state index contributed by atoms with van der Waals surface area (Å²) in [5.41, 5.74) is 2.25. The summed E-state index contributed by atoms with van der Waals surface area (Å²) in [6.45, 7) is 0.283. The molecule has 0 saturated heterocycles. The van der Waals surface area contributed by atoms with E-state index in [0.717, 1.165) is 5.39 Å². The summed E-state index contributed by atoms with van der Waals surface area (Å²) >= 11 is 6.05. The lowest BCUT2D eigenvalue weighted by atomic mass is 10.0. The van der Waals surface area contributed by atoms with E-state index >= 15 is 0 Å². The maximum absolute atomic E-state index is 12.9. The van der Waals surface area contributed by atoms with Crippen LogP contribution in [-0.2, 0) is 11.2 Å². The molecule has 3 rings (SSSR count). The predicted molar refractivity (Wildman–Crippen MR) is 100 cm³/mol. The molecular formula is C20H16ClN3O2. The van der Waals surface area contributed by atoms with Crippen molar-refractivity contribution in [2.75, 3.05) is 6.54 Å². The largest absolute Gasteiger partial charge is 0.355 e. The Balaban J connectivity index is 2.00. The number of aromatic amines is 1. The average molecular weight is 366 g/mol. The molecule has 2 aromatic carbocycles. The Hall–Kier alpha value is -3.10. The van der Waals surface area contributed by atoms with Gasteiger partial charge in [0, 0.05) is 28.0 Å². The molecule has 5 nitrogen and oxygen atoms in total. The number of hydrogen-bond donors (Lipinski definition) is 2. The van der Waals surface area contributed by atoms with Crippen molar-refractivity contribution in [1.29, 1.82) is 5.26 Å². The van der Waals surface area contributed by atoms with Crippen molar-refractivity contribution in [2.45, 2.75) is 12.8 Å². The van der Waals surface area contributed by atoms with Crippen molar-refractivity contribution >= 4 is 34.2 Å². The van der Waals surface area contributed by atoms with Crippen LogP contribution in [0.3, 0.4) is 0 Å². The number of nitriles is 1. The van der Waals surface area contributed by atoms with Crippen molar-refractivity contribution in [2.24, 2.45) is 0 Å². The monoisotopic (exact) mass is 365 g/mol. The first-order valence-electron chi connectivity index (χ1n) is 8.13. The van der Waals surface area contributed by atoms with Crippen LogP contribution in [0.2, 0.25) is 5.02 Å². The number of nitrogens with one attached hydrogen (secondary N) is 2. The maximum Gasteiger partial charge on any atom is 0.224 e. The Bertz CT molecular complexity index is 1000. The van der Waals surface area contributed by atoms with Gasteiger partial charge in [-0.05, 0) is 17.7 Å². The number of rotatable bonds is 6. The van der Waals surface area contributed by atoms with E-state index in [4.69, 9.17) is 16.9 Å². The van der Waals surface area contributed by atoms with Crippen LogP contribution in [-0.4, -0.2) is 23.2 Å². The maximum atomic E-state index is 12.9. The number of hydrogen-bond acceptors (Lipinski definition) is 3. The van der Waals surface area contributed by atoms with E-state index in [2.05, 4.69) is 10.3 Å². The molecule has 0 fully saturated rings. The molecule has 0 aliphatic heterocycles. The molecule has 130 valence electrons. The standard InChI is InChI=1S/C20H16ClN3O2/c21-14-7-8-15-16(12-18(25)23-10-4-9-22)19(24-17(15)11-14)20(26)13-5-2-1-3-6-13/h1-3,5-8,11,24H,4,10,12H2,(H,23,25). The van der Waals surface area contributed by atoms with Gasteiger partial charge in [-0.3, -0.25) is 9.59 Å². The van der Waals surface area contributed by atoms with Crippen molar-refractivity contribution in [3.63, 3.8) is 0 Å². The molecule has 2 N–H and O–H groups in total. The number of halogens is 1. The third kappa shape index (κ3) is 3.76. The highest BCUT2D eigenvalue weighted by atomic mass is 35.5. The van der Waals surface area contributed by atoms with Crippen molar-refractivity contribution in [3.8, 4) is 6.07 Å². The molecular weight excluding hydrogens is 350 g/mol. The van der Waals surface area contributed by atoms with Crippen LogP contribution in [0.15, 0.2) is 48.5 Å². The fourth-order valence-electron chi connectivity index (χ4n) is 2.82. The van der Waals surface area contributed by atoms with Crippen molar-refractivity contribution in [1.82, 2.24) is 10.3 Å². The van der Waals surface area contributed by atoms with Crippen LogP contribution in [0.1, 0.15) is 28.0 Å². The number of benzene rings is 2. The Kier molecular flexibility index (Phi) is 5.35. The SMILES string of the molecule is N#CCCNC(=O)Cc1c(C(=O)c2ccccc2)[nH]c2cc(Cl)ccc12. The zero-order valence-corrected chi connectivity index (χ0v) is 14.6. The summed E-state index contributed by atoms with van der Waals surface area (Å²) in [5.74, 6) is -0.420. The Morgan fingerprint density at radius 3 is 2.65 bits per heavy atom. The van der Waals surface area contributed by atoms with Gasteiger partial charge >= 0.3 is 0 Å². The molecule has 3 aromatic rings. The molecule has 26 heavy (non-hydrogen) atoms. The number of nitrogens with zero attached hydrogens (tertiary/aromatic N) is 1. The van der Waals surface area contributed by atoms with Crippen molar-refractivity contribution in [3.05, 3.63) is 70.4 Å². The first-order chi connectivity index (χ1) is 12.6. The van der Waals surface area contributed by atoms with E-state index in [1.54, 1.807) is 42.5 Å². The minimum Gasteiger partial charge on any atom is -0.355 e. The van der Waals surface area contributed by atoms with Gasteiger partial charge in [0.15, 0.2) is 0 Å². The van der Waals surface area contributed by atoms with Gasteiger partial charge in [0.25, 0.3) is 0 Å². The third-order valence-corrected chi connectivity index (χ3v) is 4.26. The number of carbonyl (C=O) groups excluding carboxylic acids is 2. The molecule has 0 atom stereocenters. The normalized spacial score (nSPS) is 10.5. The molecule has 1 aromatic heterocycles. The molecule has 0 aliphatic carbocycles. The topological polar surface area (TPSA) is 85.8 Å². The van der Waals surface area contributed by atoms with Gasteiger partial charge in [0.05, 0.1) is 24.6 Å². The van der Waals surface area contributed by atoms with E-state index in [0.29, 0.717) is 27.4 Å². The molecule has 0 unspecified atom stereocenters. The van der Waals surface area contributed by atoms with E-state index in [1.807, 2.05) is 12.1 Å². The van der Waals surface area contributed by atoms with Crippen molar-refractivity contribution < 1.29 is 9.59 Å². The second-order valence-corrected chi connectivity index (χ2v) is 6.23. The minimum atomic E-state index is -0.238. The first kappa shape index (κ1) is 17.7. The predicted octanol–water partition coefficient (Wildman–Crippen LogP) is 3.62. The second kappa shape index (κ2) is 7.85. The highest BCUT2D eigenvalue weighted by molar-refractivity contribution is 6.31. The number of amides is 1. The van der Waals surface area contributed by atoms with Crippen LogP contribution in [0.4, 0.5) is 0 Å². The lowest BCUT2D eigenvalue weighted by Gasteiger charge is -2.06. The molecule has 0 aliphatic rings. The van der Waals surface area contributed by atoms with E-state index < -0.39 is 0 Å². The molecule has 1 amide bonds. The molecule has 0 saturated carbocycles. The van der Waals surface area contributed by atoms with E-state index in [1.165, 1.54) is 0 Å². The fraction of sp³-hybridized carbons (Fsp3) is 0.150. The molecule has 0 radical (unpaired) electrons. The smallest absolute Gasteiger partial charge is 0.224 e. The summed E-state index contributed by atoms with van der Waals surface area (Å²) in [6.07, 6.45) is 0.284. The molecule has 6 heteroatoms. The summed E-state index contributed by atoms with van der Waals surface area (Å²) < 4.78 is 0. The van der Waals surface area contributed by atoms with Crippen LogP contribution in [0, 0.1) is 11.3 Å². The zero-order valence-electron chi connectivity index (χ0n) is 13.9. The Morgan fingerprint density at radius 2 is 1.92 bits per heavy atom. The lowest BCUT2D eigenvalue weighted by Crippen LogP contribution is -2.26. The van der Waals surface area contributed by atoms with Gasteiger partial charge in [0.2, 0.25) is 11.7 Å². The van der Waals surface area contributed by atoms with Gasteiger partial charge in [-0.2, -0.15) is 5.26 Å². The van der Waals surface area contributed by atoms with Gasteiger partial charge < -0.3 is 10.3 Å². The molecule has 0 spiro atoms. The fourth-order valence-corrected chi connectivity index (χ4v) is 2.99. The van der Waals surface area contributed by atoms with Gasteiger partial charge in [0.1, 0.15) is 0 Å². The number of aromatic nitrogens is 1. The number of ketones is 1. The average Bonchev–Trinajstić information content (AvgIpc) is 2.99. The summed E-state index contributed by atoms with van der Waals surface area (Å²) in [4.78, 5) is 28.3. The van der Waals surface area contributed by atoms with Gasteiger partial charge in [-0.25, -0.2) is 0 Å². The van der Waals surface area contributed by atoms with Crippen LogP contribution in [0.5, 0.6) is 0 Å². The van der Waals surface area contributed by atoms with E-state index in [-0.39, 0.29) is 31.1 Å². The third-order valence-electron chi connectivity index (χ3n) is 4.03. The summed E-state index contributed by atoms with van der Waals surface area (Å²) in [6, 6.07) is 16.1. The molecule has 0 bridgehead atoms. The number of carbonyl (C=O) groups is 2. The highest BCUT2D eigenvalue weighted by Crippen LogP contribution is 2.27. The van der Waals surface area contributed by atoms with Gasteiger partial charge in [-0.15, -0.1) is 0 Å².